The lowest BCUT2D eigenvalue weighted by molar-refractivity contribution is -0.126. The van der Waals surface area contributed by atoms with Gasteiger partial charge in [-0.3, -0.25) is 4.79 Å². The molecule has 4 heteroatoms. The summed E-state index contributed by atoms with van der Waals surface area (Å²) in [5, 5.41) is 7.29. The minimum absolute atomic E-state index is 0.259. The largest absolute Gasteiger partial charge is 0.353 e. The maximum Gasteiger partial charge on any atom is 0.223 e. The number of carbonyl (C=O) groups excluding carboxylic acids is 1. The van der Waals surface area contributed by atoms with E-state index in [1.807, 2.05) is 11.8 Å². The first-order chi connectivity index (χ1) is 7.79. The molecular formula is C12H22N2OS. The monoisotopic (exact) mass is 242 g/mol. The number of thioether (sulfide) groups is 1. The summed E-state index contributed by atoms with van der Waals surface area (Å²) in [7, 11) is 0. The molecule has 3 nitrogen and oxygen atoms in total. The molecule has 2 unspecified atom stereocenters. The molecule has 0 aromatic carbocycles. The number of piperidine rings is 1. The van der Waals surface area contributed by atoms with E-state index in [4.69, 9.17) is 0 Å². The summed E-state index contributed by atoms with van der Waals surface area (Å²) in [6.45, 7) is 1.99. The average Bonchev–Trinajstić information content (AvgIpc) is 2.78. The van der Waals surface area contributed by atoms with Crippen molar-refractivity contribution >= 4 is 17.7 Å². The SMILES string of the molecule is CSC1CCC(NC(=O)C2CCNCC2)C1. The van der Waals surface area contributed by atoms with Crippen molar-refractivity contribution in [2.45, 2.75) is 43.4 Å². The second-order valence-corrected chi connectivity index (χ2v) is 6.04. The van der Waals surface area contributed by atoms with Crippen LogP contribution in [-0.2, 0) is 4.79 Å². The fourth-order valence-electron chi connectivity index (χ4n) is 2.69. The summed E-state index contributed by atoms with van der Waals surface area (Å²) < 4.78 is 0. The lowest BCUT2D eigenvalue weighted by Crippen LogP contribution is -2.41. The zero-order valence-corrected chi connectivity index (χ0v) is 10.8. The zero-order valence-electron chi connectivity index (χ0n) is 10.00. The van der Waals surface area contributed by atoms with Gasteiger partial charge in [-0.05, 0) is 51.4 Å². The van der Waals surface area contributed by atoms with Crippen LogP contribution in [0.25, 0.3) is 0 Å². The Kier molecular flexibility index (Phi) is 4.53. The number of nitrogens with one attached hydrogen (secondary N) is 2. The summed E-state index contributed by atoms with van der Waals surface area (Å²) in [6.07, 6.45) is 7.77. The van der Waals surface area contributed by atoms with E-state index < -0.39 is 0 Å². The van der Waals surface area contributed by atoms with Crippen molar-refractivity contribution in [1.82, 2.24) is 10.6 Å². The Labute approximate surface area is 102 Å². The van der Waals surface area contributed by atoms with Gasteiger partial charge in [-0.15, -0.1) is 0 Å². The van der Waals surface area contributed by atoms with E-state index >= 15 is 0 Å². The van der Waals surface area contributed by atoms with E-state index in [-0.39, 0.29) is 5.92 Å². The van der Waals surface area contributed by atoms with Crippen molar-refractivity contribution in [3.8, 4) is 0 Å². The van der Waals surface area contributed by atoms with Crippen molar-refractivity contribution in [1.29, 1.82) is 0 Å². The molecule has 2 rings (SSSR count). The third-order valence-electron chi connectivity index (χ3n) is 3.77. The second-order valence-electron chi connectivity index (χ2n) is 4.90. The number of amides is 1. The molecule has 0 aromatic heterocycles. The number of hydrogen-bond acceptors (Lipinski definition) is 3. The van der Waals surface area contributed by atoms with Crippen LogP contribution in [-0.4, -0.2) is 36.5 Å². The highest BCUT2D eigenvalue weighted by Crippen LogP contribution is 2.28. The lowest BCUT2D eigenvalue weighted by Gasteiger charge is -2.23. The highest BCUT2D eigenvalue weighted by Gasteiger charge is 2.28. The van der Waals surface area contributed by atoms with Crippen LogP contribution in [0.15, 0.2) is 0 Å². The van der Waals surface area contributed by atoms with Gasteiger partial charge in [0, 0.05) is 17.2 Å². The molecule has 1 saturated carbocycles. The Morgan fingerprint density at radius 2 is 2.00 bits per heavy atom. The van der Waals surface area contributed by atoms with E-state index in [0.717, 1.165) is 37.6 Å². The molecule has 1 aliphatic heterocycles. The first kappa shape index (κ1) is 12.2. The second kappa shape index (κ2) is 5.92. The maximum atomic E-state index is 12.0. The molecule has 2 fully saturated rings. The quantitative estimate of drug-likeness (QED) is 0.786. The molecule has 16 heavy (non-hydrogen) atoms. The van der Waals surface area contributed by atoms with Gasteiger partial charge in [-0.2, -0.15) is 11.8 Å². The number of hydrogen-bond donors (Lipinski definition) is 2. The van der Waals surface area contributed by atoms with Crippen LogP contribution in [0.1, 0.15) is 32.1 Å². The molecule has 92 valence electrons. The van der Waals surface area contributed by atoms with Gasteiger partial charge in [-0.1, -0.05) is 0 Å². The molecule has 0 bridgehead atoms. The molecule has 1 saturated heterocycles. The molecule has 1 heterocycles. The van der Waals surface area contributed by atoms with Gasteiger partial charge in [0.15, 0.2) is 0 Å². The molecule has 0 spiro atoms. The normalized spacial score (nSPS) is 31.6. The third-order valence-corrected chi connectivity index (χ3v) is 4.87. The topological polar surface area (TPSA) is 41.1 Å². The van der Waals surface area contributed by atoms with Crippen molar-refractivity contribution in [3.05, 3.63) is 0 Å². The molecular weight excluding hydrogens is 220 g/mol. The number of rotatable bonds is 3. The molecule has 2 aliphatic rings. The predicted octanol–water partition coefficient (Wildman–Crippen LogP) is 1.39. The summed E-state index contributed by atoms with van der Waals surface area (Å²) in [5.74, 6) is 0.558. The summed E-state index contributed by atoms with van der Waals surface area (Å²) in [4.78, 5) is 12.0. The molecule has 0 radical (unpaired) electrons. The average molecular weight is 242 g/mol. The van der Waals surface area contributed by atoms with Gasteiger partial charge >= 0.3 is 0 Å². The van der Waals surface area contributed by atoms with E-state index in [1.165, 1.54) is 12.8 Å². The summed E-state index contributed by atoms with van der Waals surface area (Å²) in [5.41, 5.74) is 0. The van der Waals surface area contributed by atoms with Crippen molar-refractivity contribution in [2.75, 3.05) is 19.3 Å². The van der Waals surface area contributed by atoms with Crippen molar-refractivity contribution in [2.24, 2.45) is 5.92 Å². The summed E-state index contributed by atoms with van der Waals surface area (Å²) >= 11 is 1.94. The van der Waals surface area contributed by atoms with Gasteiger partial charge in [-0.25, -0.2) is 0 Å². The Bertz CT molecular complexity index is 241. The standard InChI is InChI=1S/C12H22N2OS/c1-16-11-3-2-10(8-11)14-12(15)9-4-6-13-7-5-9/h9-11,13H,2-8H2,1H3,(H,14,15). The lowest BCUT2D eigenvalue weighted by atomic mass is 9.97. The van der Waals surface area contributed by atoms with Crippen LogP contribution in [0.2, 0.25) is 0 Å². The Balaban J connectivity index is 1.74. The Hall–Kier alpha value is -0.220. The fourth-order valence-corrected chi connectivity index (χ4v) is 3.48. The van der Waals surface area contributed by atoms with Crippen LogP contribution in [0.4, 0.5) is 0 Å². The van der Waals surface area contributed by atoms with Gasteiger partial charge in [0.05, 0.1) is 0 Å². The van der Waals surface area contributed by atoms with Crippen LogP contribution in [0.5, 0.6) is 0 Å². The van der Waals surface area contributed by atoms with E-state index in [9.17, 15) is 4.79 Å². The third kappa shape index (κ3) is 3.14. The smallest absolute Gasteiger partial charge is 0.223 e. The molecule has 1 aliphatic carbocycles. The first-order valence-corrected chi connectivity index (χ1v) is 7.62. The Morgan fingerprint density at radius 1 is 1.25 bits per heavy atom. The van der Waals surface area contributed by atoms with Crippen molar-refractivity contribution in [3.63, 3.8) is 0 Å². The number of carbonyl (C=O) groups is 1. The van der Waals surface area contributed by atoms with Crippen LogP contribution < -0.4 is 10.6 Å². The van der Waals surface area contributed by atoms with E-state index in [0.29, 0.717) is 11.9 Å². The minimum Gasteiger partial charge on any atom is -0.353 e. The van der Waals surface area contributed by atoms with E-state index in [2.05, 4.69) is 16.9 Å². The first-order valence-electron chi connectivity index (χ1n) is 6.33. The zero-order chi connectivity index (χ0) is 11.4. The fraction of sp³-hybridized carbons (Fsp3) is 0.917. The summed E-state index contributed by atoms with van der Waals surface area (Å²) in [6, 6.07) is 0.444. The molecule has 2 N–H and O–H groups in total. The van der Waals surface area contributed by atoms with Gasteiger partial charge < -0.3 is 10.6 Å². The van der Waals surface area contributed by atoms with E-state index in [1.54, 1.807) is 0 Å². The highest BCUT2D eigenvalue weighted by molar-refractivity contribution is 7.99. The maximum absolute atomic E-state index is 12.0. The highest BCUT2D eigenvalue weighted by atomic mass is 32.2. The van der Waals surface area contributed by atoms with Crippen molar-refractivity contribution < 1.29 is 4.79 Å². The van der Waals surface area contributed by atoms with Gasteiger partial charge in [0.1, 0.15) is 0 Å². The molecule has 0 aromatic rings. The van der Waals surface area contributed by atoms with Gasteiger partial charge in [0.2, 0.25) is 5.91 Å². The predicted molar refractivity (Wildman–Crippen MR) is 68.7 cm³/mol. The Morgan fingerprint density at radius 3 is 2.62 bits per heavy atom. The minimum atomic E-state index is 0.259. The van der Waals surface area contributed by atoms with Crippen LogP contribution in [0, 0.1) is 5.92 Å². The molecule has 1 amide bonds. The molecule has 2 atom stereocenters. The van der Waals surface area contributed by atoms with Gasteiger partial charge in [0.25, 0.3) is 0 Å². The van der Waals surface area contributed by atoms with Crippen LogP contribution in [0.3, 0.4) is 0 Å². The van der Waals surface area contributed by atoms with Crippen LogP contribution >= 0.6 is 11.8 Å².